The Morgan fingerprint density at radius 1 is 1.15 bits per heavy atom. The molecule has 12 heteroatoms. The van der Waals surface area contributed by atoms with E-state index >= 15 is 4.39 Å². The third-order valence-electron chi connectivity index (χ3n) is 6.40. The fourth-order valence-corrected chi connectivity index (χ4v) is 4.64. The number of nitrogens with one attached hydrogen (secondary N) is 1. The Morgan fingerprint density at radius 2 is 1.87 bits per heavy atom. The Labute approximate surface area is 229 Å². The van der Waals surface area contributed by atoms with Crippen LogP contribution in [0.1, 0.15) is 13.3 Å². The first-order chi connectivity index (χ1) is 18.6. The van der Waals surface area contributed by atoms with Crippen molar-refractivity contribution >= 4 is 46.1 Å². The van der Waals surface area contributed by atoms with Gasteiger partial charge in [0.15, 0.2) is 5.82 Å². The van der Waals surface area contributed by atoms with Gasteiger partial charge < -0.3 is 25.1 Å². The van der Waals surface area contributed by atoms with Crippen molar-refractivity contribution in [3.63, 3.8) is 0 Å². The molecule has 2 amide bonds. The number of anilines is 2. The molecular weight excluding hydrogens is 530 g/mol. The van der Waals surface area contributed by atoms with Gasteiger partial charge in [0, 0.05) is 69.8 Å². The average molecular weight is 559 g/mol. The fraction of sp³-hybridized carbons (Fsp3) is 0.333. The molecule has 2 heterocycles. The topological polar surface area (TPSA) is 102 Å². The molecule has 0 radical (unpaired) electrons. The second-order valence-electron chi connectivity index (χ2n) is 9.26. The number of allylic oxidation sites excluding steroid dienone is 1. The molecule has 0 spiro atoms. The van der Waals surface area contributed by atoms with E-state index in [4.69, 9.17) is 11.6 Å². The fourth-order valence-electron chi connectivity index (χ4n) is 4.34. The molecule has 3 aromatic rings. The van der Waals surface area contributed by atoms with Gasteiger partial charge in [-0.05, 0) is 37.3 Å². The minimum absolute atomic E-state index is 0.0754. The molecule has 1 saturated heterocycles. The molecule has 4 rings (SSSR count). The number of aromatic hydroxyl groups is 1. The standard InChI is InChI=1S/C27H29ClF2N6O3/c1-4-5-22(39)35-10-12-36(13-11-35)26-18-15-19(28)23(17-14-16(37)6-7-20(17)29)24(30)25(18)32-27(33-26)31-9-8-21(38)34(2)3/h4-7,14-15,37H,8-13H2,1-3H3,(H,31,32,33)/b5-4+. The van der Waals surface area contributed by atoms with Gasteiger partial charge in [0.25, 0.3) is 0 Å². The van der Waals surface area contributed by atoms with Crippen LogP contribution in [0.5, 0.6) is 5.75 Å². The minimum atomic E-state index is -0.875. The number of amides is 2. The summed E-state index contributed by atoms with van der Waals surface area (Å²) in [6.07, 6.45) is 3.35. The zero-order chi connectivity index (χ0) is 28.3. The summed E-state index contributed by atoms with van der Waals surface area (Å²) >= 11 is 6.48. The first kappa shape index (κ1) is 28.0. The van der Waals surface area contributed by atoms with E-state index < -0.39 is 11.6 Å². The summed E-state index contributed by atoms with van der Waals surface area (Å²) in [5, 5.41) is 13.1. The van der Waals surface area contributed by atoms with E-state index in [1.165, 1.54) is 17.0 Å². The van der Waals surface area contributed by atoms with Crippen LogP contribution in [0.4, 0.5) is 20.5 Å². The van der Waals surface area contributed by atoms with Crippen molar-refractivity contribution in [2.75, 3.05) is 57.0 Å². The highest BCUT2D eigenvalue weighted by Crippen LogP contribution is 2.40. The molecule has 0 atom stereocenters. The Balaban J connectivity index is 1.78. The van der Waals surface area contributed by atoms with E-state index in [1.807, 2.05) is 4.90 Å². The van der Waals surface area contributed by atoms with E-state index in [0.29, 0.717) is 37.4 Å². The molecule has 39 heavy (non-hydrogen) atoms. The van der Waals surface area contributed by atoms with Crippen LogP contribution in [-0.4, -0.2) is 83.5 Å². The monoisotopic (exact) mass is 558 g/mol. The predicted octanol–water partition coefficient (Wildman–Crippen LogP) is 4.05. The molecule has 0 bridgehead atoms. The first-order valence-electron chi connectivity index (χ1n) is 12.4. The summed E-state index contributed by atoms with van der Waals surface area (Å²) < 4.78 is 30.7. The number of rotatable bonds is 7. The number of fused-ring (bicyclic) bond motifs is 1. The molecule has 9 nitrogen and oxygen atoms in total. The van der Waals surface area contributed by atoms with Crippen LogP contribution in [0.15, 0.2) is 36.4 Å². The Morgan fingerprint density at radius 3 is 2.54 bits per heavy atom. The first-order valence-corrected chi connectivity index (χ1v) is 12.8. The SMILES string of the molecule is C/C=C/C(=O)N1CCN(c2nc(NCCC(=O)N(C)C)nc3c(F)c(-c4cc(O)ccc4F)c(Cl)cc23)CC1. The number of phenolic OH excluding ortho intramolecular Hbond substituents is 1. The van der Waals surface area contributed by atoms with Gasteiger partial charge in [-0.2, -0.15) is 4.98 Å². The van der Waals surface area contributed by atoms with E-state index in [2.05, 4.69) is 15.3 Å². The summed E-state index contributed by atoms with van der Waals surface area (Å²) in [4.78, 5) is 38.3. The molecule has 1 aliphatic heterocycles. The maximum atomic E-state index is 16.1. The van der Waals surface area contributed by atoms with E-state index in [9.17, 15) is 19.1 Å². The number of nitrogens with zero attached hydrogens (tertiary/aromatic N) is 5. The molecule has 1 fully saturated rings. The Kier molecular flexibility index (Phi) is 8.49. The van der Waals surface area contributed by atoms with Crippen LogP contribution in [0.25, 0.3) is 22.0 Å². The lowest BCUT2D eigenvalue weighted by molar-refractivity contribution is -0.128. The largest absolute Gasteiger partial charge is 0.508 e. The van der Waals surface area contributed by atoms with Gasteiger partial charge in [0.05, 0.1) is 5.02 Å². The molecular formula is C27H29ClF2N6O3. The van der Waals surface area contributed by atoms with Crippen LogP contribution >= 0.6 is 11.6 Å². The van der Waals surface area contributed by atoms with Gasteiger partial charge in [-0.25, -0.2) is 13.8 Å². The molecule has 206 valence electrons. The third-order valence-corrected chi connectivity index (χ3v) is 6.70. The summed E-state index contributed by atoms with van der Waals surface area (Å²) in [7, 11) is 3.30. The van der Waals surface area contributed by atoms with E-state index in [-0.39, 0.29) is 58.1 Å². The maximum absolute atomic E-state index is 16.1. The van der Waals surface area contributed by atoms with Gasteiger partial charge in [0.1, 0.15) is 22.9 Å². The molecule has 0 unspecified atom stereocenters. The highest BCUT2D eigenvalue weighted by atomic mass is 35.5. The molecule has 1 aliphatic rings. The second-order valence-corrected chi connectivity index (χ2v) is 9.66. The van der Waals surface area contributed by atoms with Crippen molar-refractivity contribution in [3.8, 4) is 16.9 Å². The van der Waals surface area contributed by atoms with Crippen LogP contribution in [0, 0.1) is 11.6 Å². The summed E-state index contributed by atoms with van der Waals surface area (Å²) in [5.41, 5.74) is -0.546. The number of hydrogen-bond acceptors (Lipinski definition) is 7. The average Bonchev–Trinajstić information content (AvgIpc) is 2.90. The highest BCUT2D eigenvalue weighted by molar-refractivity contribution is 6.34. The number of carbonyl (C=O) groups is 2. The molecule has 1 aromatic heterocycles. The number of hydrogen-bond donors (Lipinski definition) is 2. The van der Waals surface area contributed by atoms with Crippen LogP contribution in [-0.2, 0) is 9.59 Å². The smallest absolute Gasteiger partial charge is 0.246 e. The lowest BCUT2D eigenvalue weighted by Gasteiger charge is -2.35. The quantitative estimate of drug-likeness (QED) is 0.422. The number of phenols is 1. The van der Waals surface area contributed by atoms with Crippen molar-refractivity contribution in [3.05, 3.63) is 53.1 Å². The predicted molar refractivity (Wildman–Crippen MR) is 147 cm³/mol. The molecule has 2 aromatic carbocycles. The van der Waals surface area contributed by atoms with Gasteiger partial charge in [0.2, 0.25) is 17.8 Å². The highest BCUT2D eigenvalue weighted by Gasteiger charge is 2.26. The van der Waals surface area contributed by atoms with Gasteiger partial charge in [-0.15, -0.1) is 0 Å². The van der Waals surface area contributed by atoms with Crippen molar-refractivity contribution in [1.29, 1.82) is 0 Å². The van der Waals surface area contributed by atoms with Crippen LogP contribution in [0.2, 0.25) is 5.02 Å². The van der Waals surface area contributed by atoms with Gasteiger partial charge in [-0.3, -0.25) is 9.59 Å². The van der Waals surface area contributed by atoms with Crippen molar-refractivity contribution in [2.24, 2.45) is 0 Å². The van der Waals surface area contributed by atoms with Gasteiger partial charge >= 0.3 is 0 Å². The molecule has 0 saturated carbocycles. The summed E-state index contributed by atoms with van der Waals surface area (Å²) in [6, 6.07) is 4.76. The maximum Gasteiger partial charge on any atom is 0.246 e. The van der Waals surface area contributed by atoms with E-state index in [0.717, 1.165) is 18.2 Å². The van der Waals surface area contributed by atoms with Crippen molar-refractivity contribution < 1.29 is 23.5 Å². The molecule has 0 aliphatic carbocycles. The number of halogens is 3. The van der Waals surface area contributed by atoms with Crippen molar-refractivity contribution in [1.82, 2.24) is 19.8 Å². The Bertz CT molecular complexity index is 1440. The zero-order valence-corrected chi connectivity index (χ0v) is 22.6. The number of carbonyl (C=O) groups excluding carboxylic acids is 2. The third kappa shape index (κ3) is 6.03. The minimum Gasteiger partial charge on any atom is -0.508 e. The summed E-state index contributed by atoms with van der Waals surface area (Å²) in [6.45, 7) is 3.69. The van der Waals surface area contributed by atoms with Crippen molar-refractivity contribution in [2.45, 2.75) is 13.3 Å². The van der Waals surface area contributed by atoms with Gasteiger partial charge in [-0.1, -0.05) is 17.7 Å². The number of benzene rings is 2. The molecule has 2 N–H and O–H groups in total. The normalized spacial score (nSPS) is 13.8. The van der Waals surface area contributed by atoms with E-state index in [1.54, 1.807) is 32.0 Å². The lowest BCUT2D eigenvalue weighted by Crippen LogP contribution is -2.48. The van der Waals surface area contributed by atoms with Crippen LogP contribution in [0.3, 0.4) is 0 Å². The summed E-state index contributed by atoms with van der Waals surface area (Å²) in [5.74, 6) is -1.61. The lowest BCUT2D eigenvalue weighted by atomic mass is 10.0. The number of aromatic nitrogens is 2. The Hall–Kier alpha value is -3.99. The second kappa shape index (κ2) is 11.8. The van der Waals surface area contributed by atoms with Crippen LogP contribution < -0.4 is 10.2 Å². The number of piperazine rings is 1. The zero-order valence-electron chi connectivity index (χ0n) is 21.8.